The van der Waals surface area contributed by atoms with Crippen LogP contribution in [0.15, 0.2) is 48.5 Å². The van der Waals surface area contributed by atoms with Crippen LogP contribution >= 0.6 is 0 Å². The van der Waals surface area contributed by atoms with E-state index in [4.69, 9.17) is 18.9 Å². The largest absolute Gasteiger partial charge is 0.508 e. The molecule has 0 aliphatic rings. The Morgan fingerprint density at radius 1 is 0.769 bits per heavy atom. The number of carbonyl (C=O) groups is 2. The van der Waals surface area contributed by atoms with Crippen LogP contribution in [0.25, 0.3) is 0 Å². The Hall–Kier alpha value is -3.02. The number of ether oxygens (including phenoxy) is 4. The van der Waals surface area contributed by atoms with Crippen LogP contribution in [-0.2, 0) is 27.1 Å². The molecule has 6 heteroatoms. The molecule has 2 rings (SSSR count). The summed E-state index contributed by atoms with van der Waals surface area (Å²) in [4.78, 5) is 22.4. The lowest BCUT2D eigenvalue weighted by Crippen LogP contribution is -2.12. The summed E-state index contributed by atoms with van der Waals surface area (Å²) in [5.41, 5.74) is 2.01. The fourth-order valence-corrected chi connectivity index (χ4v) is 2.23. The second kappa shape index (κ2) is 10.1. The van der Waals surface area contributed by atoms with Gasteiger partial charge in [-0.1, -0.05) is 24.3 Å². The van der Waals surface area contributed by atoms with E-state index in [1.165, 1.54) is 6.92 Å². The summed E-state index contributed by atoms with van der Waals surface area (Å²) in [6.07, 6.45) is 0.472. The molecule has 0 aliphatic carbocycles. The van der Waals surface area contributed by atoms with E-state index in [9.17, 15) is 9.59 Å². The average molecular weight is 358 g/mol. The van der Waals surface area contributed by atoms with Crippen LogP contribution in [0.5, 0.6) is 11.5 Å². The van der Waals surface area contributed by atoms with E-state index in [-0.39, 0.29) is 19.2 Å². The number of hydrogen-bond acceptors (Lipinski definition) is 6. The number of benzene rings is 2. The Kier molecular flexibility index (Phi) is 7.49. The fraction of sp³-hybridized carbons (Fsp3) is 0.300. The Bertz CT molecular complexity index is 706. The minimum Gasteiger partial charge on any atom is -0.497 e. The summed E-state index contributed by atoms with van der Waals surface area (Å²) in [6, 6.07) is 14.6. The summed E-state index contributed by atoms with van der Waals surface area (Å²) < 4.78 is 20.1. The van der Waals surface area contributed by atoms with Crippen molar-refractivity contribution in [1.29, 1.82) is 0 Å². The zero-order valence-electron chi connectivity index (χ0n) is 14.9. The Morgan fingerprint density at radius 3 is 1.65 bits per heavy atom. The van der Waals surface area contributed by atoms with E-state index in [0.717, 1.165) is 16.9 Å². The predicted octanol–water partition coefficient (Wildman–Crippen LogP) is 3.56. The molecule has 2 aromatic rings. The summed E-state index contributed by atoms with van der Waals surface area (Å²) in [7, 11) is 1.61. The van der Waals surface area contributed by atoms with Crippen LogP contribution < -0.4 is 9.47 Å². The number of methoxy groups -OCH3 is 1. The SMILES string of the molecule is COc1ccc(CCOC(=O)OCCc2ccc(OC(C)=O)cc2)cc1. The maximum Gasteiger partial charge on any atom is 0.508 e. The molecular weight excluding hydrogens is 336 g/mol. The highest BCUT2D eigenvalue weighted by atomic mass is 16.7. The molecule has 0 amide bonds. The quantitative estimate of drug-likeness (QED) is 0.531. The lowest BCUT2D eigenvalue weighted by molar-refractivity contribution is -0.131. The Balaban J connectivity index is 1.63. The van der Waals surface area contributed by atoms with Crippen molar-refractivity contribution in [2.75, 3.05) is 20.3 Å². The van der Waals surface area contributed by atoms with Gasteiger partial charge in [0, 0.05) is 19.8 Å². The van der Waals surface area contributed by atoms with Crippen LogP contribution in [0.1, 0.15) is 18.1 Å². The summed E-state index contributed by atoms with van der Waals surface area (Å²) >= 11 is 0. The van der Waals surface area contributed by atoms with Crippen molar-refractivity contribution in [3.63, 3.8) is 0 Å². The van der Waals surface area contributed by atoms with Gasteiger partial charge in [0.05, 0.1) is 20.3 Å². The van der Waals surface area contributed by atoms with Crippen molar-refractivity contribution >= 4 is 12.1 Å². The van der Waals surface area contributed by atoms with Gasteiger partial charge in [0.2, 0.25) is 0 Å². The highest BCUT2D eigenvalue weighted by Gasteiger charge is 2.05. The molecule has 0 heterocycles. The lowest BCUT2D eigenvalue weighted by Gasteiger charge is -2.07. The normalized spacial score (nSPS) is 10.1. The monoisotopic (exact) mass is 358 g/mol. The van der Waals surface area contributed by atoms with Crippen LogP contribution in [0, 0.1) is 0 Å². The zero-order valence-corrected chi connectivity index (χ0v) is 14.9. The third kappa shape index (κ3) is 6.84. The van der Waals surface area contributed by atoms with Crippen LogP contribution in [0.4, 0.5) is 4.79 Å². The predicted molar refractivity (Wildman–Crippen MR) is 95.5 cm³/mol. The summed E-state index contributed by atoms with van der Waals surface area (Å²) in [5, 5.41) is 0. The molecule has 0 N–H and O–H groups in total. The van der Waals surface area contributed by atoms with E-state index in [2.05, 4.69) is 0 Å². The molecule has 6 nitrogen and oxygen atoms in total. The van der Waals surface area contributed by atoms with Gasteiger partial charge in [-0.2, -0.15) is 0 Å². The van der Waals surface area contributed by atoms with Gasteiger partial charge in [-0.25, -0.2) is 4.79 Å². The Morgan fingerprint density at radius 2 is 1.23 bits per heavy atom. The van der Waals surface area contributed by atoms with Gasteiger partial charge in [-0.05, 0) is 35.4 Å². The zero-order chi connectivity index (χ0) is 18.8. The van der Waals surface area contributed by atoms with E-state index in [0.29, 0.717) is 18.6 Å². The molecule has 0 fully saturated rings. The first-order valence-electron chi connectivity index (χ1n) is 8.26. The molecule has 0 saturated carbocycles. The van der Waals surface area contributed by atoms with Crippen molar-refractivity contribution < 1.29 is 28.5 Å². The van der Waals surface area contributed by atoms with E-state index in [1.54, 1.807) is 19.2 Å². The van der Waals surface area contributed by atoms with Gasteiger partial charge in [-0.3, -0.25) is 4.79 Å². The molecule has 0 bridgehead atoms. The van der Waals surface area contributed by atoms with Gasteiger partial charge in [0.25, 0.3) is 0 Å². The van der Waals surface area contributed by atoms with Crippen molar-refractivity contribution in [3.8, 4) is 11.5 Å². The summed E-state index contributed by atoms with van der Waals surface area (Å²) in [5.74, 6) is 0.911. The first kappa shape index (κ1) is 19.3. The lowest BCUT2D eigenvalue weighted by atomic mass is 10.1. The molecule has 2 aromatic carbocycles. The molecule has 0 unspecified atom stereocenters. The first-order chi connectivity index (χ1) is 12.6. The molecule has 0 aromatic heterocycles. The highest BCUT2D eigenvalue weighted by Crippen LogP contribution is 2.13. The van der Waals surface area contributed by atoms with Crippen LogP contribution in [-0.4, -0.2) is 32.4 Å². The number of hydrogen-bond donors (Lipinski definition) is 0. The topological polar surface area (TPSA) is 71.1 Å². The van der Waals surface area contributed by atoms with Gasteiger partial charge in [-0.15, -0.1) is 0 Å². The third-order valence-electron chi connectivity index (χ3n) is 3.57. The third-order valence-corrected chi connectivity index (χ3v) is 3.57. The highest BCUT2D eigenvalue weighted by molar-refractivity contribution is 5.69. The maximum atomic E-state index is 11.6. The van der Waals surface area contributed by atoms with Gasteiger partial charge < -0.3 is 18.9 Å². The van der Waals surface area contributed by atoms with Crippen molar-refractivity contribution in [2.45, 2.75) is 19.8 Å². The number of rotatable bonds is 8. The average Bonchev–Trinajstić information content (AvgIpc) is 2.63. The van der Waals surface area contributed by atoms with E-state index in [1.807, 2.05) is 36.4 Å². The second-order valence-electron chi connectivity index (χ2n) is 5.53. The van der Waals surface area contributed by atoms with Gasteiger partial charge in [0.1, 0.15) is 11.5 Å². The van der Waals surface area contributed by atoms with Gasteiger partial charge in [0.15, 0.2) is 0 Å². The minimum atomic E-state index is -0.685. The molecular formula is C20H22O6. The molecule has 26 heavy (non-hydrogen) atoms. The summed E-state index contributed by atoms with van der Waals surface area (Å²) in [6.45, 7) is 1.82. The minimum absolute atomic E-state index is 0.217. The molecule has 0 saturated heterocycles. The van der Waals surface area contributed by atoms with Crippen LogP contribution in [0.3, 0.4) is 0 Å². The molecule has 0 radical (unpaired) electrons. The number of esters is 1. The van der Waals surface area contributed by atoms with Crippen molar-refractivity contribution in [3.05, 3.63) is 59.7 Å². The van der Waals surface area contributed by atoms with Crippen molar-refractivity contribution in [1.82, 2.24) is 0 Å². The molecule has 138 valence electrons. The van der Waals surface area contributed by atoms with E-state index >= 15 is 0 Å². The first-order valence-corrected chi connectivity index (χ1v) is 8.26. The smallest absolute Gasteiger partial charge is 0.497 e. The Labute approximate surface area is 152 Å². The van der Waals surface area contributed by atoms with Crippen LogP contribution in [0.2, 0.25) is 0 Å². The standard InChI is InChI=1S/C20H22O6/c1-15(21)26-19-9-5-17(6-10-19)12-14-25-20(22)24-13-11-16-3-7-18(23-2)8-4-16/h3-10H,11-14H2,1-2H3. The fourth-order valence-electron chi connectivity index (χ4n) is 2.23. The molecule has 0 spiro atoms. The van der Waals surface area contributed by atoms with Crippen molar-refractivity contribution in [2.24, 2.45) is 0 Å². The van der Waals surface area contributed by atoms with E-state index < -0.39 is 6.16 Å². The molecule has 0 atom stereocenters. The van der Waals surface area contributed by atoms with Gasteiger partial charge >= 0.3 is 12.1 Å². The number of carbonyl (C=O) groups excluding carboxylic acids is 2. The maximum absolute atomic E-state index is 11.6. The second-order valence-corrected chi connectivity index (χ2v) is 5.53. The molecule has 0 aliphatic heterocycles.